The summed E-state index contributed by atoms with van der Waals surface area (Å²) in [6.45, 7) is 2.01. The van der Waals surface area contributed by atoms with Crippen molar-refractivity contribution in [1.29, 1.82) is 0 Å². The van der Waals surface area contributed by atoms with Gasteiger partial charge in [0.25, 0.3) is 5.91 Å². The summed E-state index contributed by atoms with van der Waals surface area (Å²) in [6.07, 6.45) is -0.113. The Bertz CT molecular complexity index is 360. The zero-order valence-electron chi connectivity index (χ0n) is 8.60. The van der Waals surface area contributed by atoms with Crippen molar-refractivity contribution in [1.82, 2.24) is 20.5 Å². The van der Waals surface area contributed by atoms with Crippen LogP contribution in [0.25, 0.3) is 0 Å². The summed E-state index contributed by atoms with van der Waals surface area (Å²) in [6, 6.07) is 0. The van der Waals surface area contributed by atoms with Crippen molar-refractivity contribution in [3.05, 3.63) is 5.82 Å². The first-order valence-electron chi connectivity index (χ1n) is 4.91. The Labute approximate surface area is 91.5 Å². The van der Waals surface area contributed by atoms with Gasteiger partial charge >= 0.3 is 0 Å². The van der Waals surface area contributed by atoms with Crippen LogP contribution in [0.4, 0.5) is 5.95 Å². The highest BCUT2D eigenvalue weighted by Crippen LogP contribution is 1.99. The van der Waals surface area contributed by atoms with Crippen LogP contribution in [-0.4, -0.2) is 53.6 Å². The standard InChI is InChI=1S/C8H13N5O3/c9-8-11-6(12-13-8)7(14)10-3-5-4-15-1-2-16-5/h5H,1-4H2,(H,10,14)(H3,9,11,12,13). The molecule has 1 saturated heterocycles. The summed E-state index contributed by atoms with van der Waals surface area (Å²) >= 11 is 0. The number of carbonyl (C=O) groups excluding carboxylic acids is 1. The van der Waals surface area contributed by atoms with E-state index in [0.717, 1.165) is 0 Å². The van der Waals surface area contributed by atoms with Crippen LogP contribution in [0.15, 0.2) is 0 Å². The lowest BCUT2D eigenvalue weighted by atomic mass is 10.3. The summed E-state index contributed by atoms with van der Waals surface area (Å²) in [5.41, 5.74) is 5.28. The van der Waals surface area contributed by atoms with Crippen molar-refractivity contribution in [2.75, 3.05) is 32.1 Å². The van der Waals surface area contributed by atoms with Crippen LogP contribution in [0.2, 0.25) is 0 Å². The smallest absolute Gasteiger partial charge is 0.288 e. The number of aromatic nitrogens is 3. The third-order valence-corrected chi connectivity index (χ3v) is 2.09. The van der Waals surface area contributed by atoms with Crippen LogP contribution in [-0.2, 0) is 9.47 Å². The van der Waals surface area contributed by atoms with Gasteiger partial charge in [0.1, 0.15) is 0 Å². The molecule has 8 nitrogen and oxygen atoms in total. The number of nitrogens with two attached hydrogens (primary N) is 1. The Morgan fingerprint density at radius 1 is 1.62 bits per heavy atom. The van der Waals surface area contributed by atoms with Gasteiger partial charge in [-0.1, -0.05) is 0 Å². The van der Waals surface area contributed by atoms with Crippen molar-refractivity contribution >= 4 is 11.9 Å². The monoisotopic (exact) mass is 227 g/mol. The van der Waals surface area contributed by atoms with Crippen molar-refractivity contribution in [2.45, 2.75) is 6.10 Å². The van der Waals surface area contributed by atoms with E-state index >= 15 is 0 Å². The molecule has 1 aromatic heterocycles. The number of ether oxygens (including phenoxy) is 2. The van der Waals surface area contributed by atoms with E-state index in [4.69, 9.17) is 15.2 Å². The lowest BCUT2D eigenvalue weighted by molar-refractivity contribution is -0.0855. The topological polar surface area (TPSA) is 115 Å². The molecule has 8 heteroatoms. The number of anilines is 1. The fourth-order valence-corrected chi connectivity index (χ4v) is 1.32. The maximum atomic E-state index is 11.5. The molecule has 1 aliphatic heterocycles. The highest BCUT2D eigenvalue weighted by molar-refractivity contribution is 5.90. The van der Waals surface area contributed by atoms with Crippen LogP contribution in [0.3, 0.4) is 0 Å². The summed E-state index contributed by atoms with van der Waals surface area (Å²) in [7, 11) is 0. The first-order valence-corrected chi connectivity index (χ1v) is 4.91. The number of nitrogens with zero attached hydrogens (tertiary/aromatic N) is 2. The molecule has 1 amide bonds. The molecule has 0 aliphatic carbocycles. The molecule has 1 fully saturated rings. The molecule has 1 atom stereocenters. The minimum Gasteiger partial charge on any atom is -0.376 e. The molecule has 88 valence electrons. The Morgan fingerprint density at radius 3 is 3.12 bits per heavy atom. The SMILES string of the molecule is Nc1n[nH]c(C(=O)NCC2COCCO2)n1. The number of nitrogen functional groups attached to an aromatic ring is 1. The number of nitrogens with one attached hydrogen (secondary N) is 2. The van der Waals surface area contributed by atoms with Crippen molar-refractivity contribution in [2.24, 2.45) is 0 Å². The number of H-pyrrole nitrogens is 1. The summed E-state index contributed by atoms with van der Waals surface area (Å²) < 4.78 is 10.6. The van der Waals surface area contributed by atoms with Gasteiger partial charge in [0.15, 0.2) is 0 Å². The van der Waals surface area contributed by atoms with Crippen molar-refractivity contribution in [3.8, 4) is 0 Å². The van der Waals surface area contributed by atoms with Gasteiger partial charge in [0.05, 0.1) is 25.9 Å². The lowest BCUT2D eigenvalue weighted by Gasteiger charge is -2.22. The highest BCUT2D eigenvalue weighted by atomic mass is 16.6. The van der Waals surface area contributed by atoms with Gasteiger partial charge < -0.3 is 20.5 Å². The number of rotatable bonds is 3. The molecule has 0 bridgehead atoms. The summed E-state index contributed by atoms with van der Waals surface area (Å²) in [4.78, 5) is 15.2. The van der Waals surface area contributed by atoms with Gasteiger partial charge in [-0.3, -0.25) is 9.89 Å². The molecule has 4 N–H and O–H groups in total. The fraction of sp³-hybridized carbons (Fsp3) is 0.625. The van der Waals surface area contributed by atoms with Gasteiger partial charge in [0.2, 0.25) is 11.8 Å². The van der Waals surface area contributed by atoms with E-state index in [1.165, 1.54) is 0 Å². The lowest BCUT2D eigenvalue weighted by Crippen LogP contribution is -2.40. The Balaban J connectivity index is 1.79. The van der Waals surface area contributed by atoms with E-state index in [2.05, 4.69) is 20.5 Å². The maximum absolute atomic E-state index is 11.5. The van der Waals surface area contributed by atoms with Gasteiger partial charge in [-0.25, -0.2) is 0 Å². The molecule has 2 rings (SSSR count). The summed E-state index contributed by atoms with van der Waals surface area (Å²) in [5, 5.41) is 8.63. The molecule has 1 unspecified atom stereocenters. The van der Waals surface area contributed by atoms with Crippen LogP contribution in [0.5, 0.6) is 0 Å². The zero-order chi connectivity index (χ0) is 11.4. The molecule has 2 heterocycles. The Morgan fingerprint density at radius 2 is 2.50 bits per heavy atom. The Kier molecular flexibility index (Phi) is 3.32. The van der Waals surface area contributed by atoms with E-state index < -0.39 is 0 Å². The molecular weight excluding hydrogens is 214 g/mol. The molecule has 0 aromatic carbocycles. The first kappa shape index (κ1) is 10.8. The van der Waals surface area contributed by atoms with E-state index in [1.807, 2.05) is 0 Å². The molecule has 0 radical (unpaired) electrons. The minimum atomic E-state index is -0.363. The normalized spacial score (nSPS) is 20.6. The minimum absolute atomic E-state index is 0.0439. The van der Waals surface area contributed by atoms with Crippen LogP contribution < -0.4 is 11.1 Å². The highest BCUT2D eigenvalue weighted by Gasteiger charge is 2.17. The number of amides is 1. The second-order valence-electron chi connectivity index (χ2n) is 3.32. The molecular formula is C8H13N5O3. The number of aromatic amines is 1. The molecule has 1 aromatic rings. The Hall–Kier alpha value is -1.67. The van der Waals surface area contributed by atoms with Gasteiger partial charge in [-0.05, 0) is 0 Å². The first-order chi connectivity index (χ1) is 7.75. The number of hydrogen-bond donors (Lipinski definition) is 3. The van der Waals surface area contributed by atoms with Crippen LogP contribution in [0, 0.1) is 0 Å². The second-order valence-corrected chi connectivity index (χ2v) is 3.32. The fourth-order valence-electron chi connectivity index (χ4n) is 1.32. The largest absolute Gasteiger partial charge is 0.376 e. The van der Waals surface area contributed by atoms with E-state index in [1.54, 1.807) is 0 Å². The molecule has 0 saturated carbocycles. The van der Waals surface area contributed by atoms with Crippen molar-refractivity contribution < 1.29 is 14.3 Å². The number of hydrogen-bond acceptors (Lipinski definition) is 6. The molecule has 1 aliphatic rings. The maximum Gasteiger partial charge on any atom is 0.288 e. The predicted molar refractivity (Wildman–Crippen MR) is 53.7 cm³/mol. The van der Waals surface area contributed by atoms with Gasteiger partial charge in [-0.2, -0.15) is 4.98 Å². The van der Waals surface area contributed by atoms with Crippen molar-refractivity contribution in [3.63, 3.8) is 0 Å². The zero-order valence-corrected chi connectivity index (χ0v) is 8.60. The van der Waals surface area contributed by atoms with E-state index in [0.29, 0.717) is 26.4 Å². The molecule has 0 spiro atoms. The summed E-state index contributed by atoms with van der Waals surface area (Å²) in [5.74, 6) is -0.227. The van der Waals surface area contributed by atoms with E-state index in [-0.39, 0.29) is 23.8 Å². The predicted octanol–water partition coefficient (Wildman–Crippen LogP) is -1.47. The average Bonchev–Trinajstić information content (AvgIpc) is 2.74. The van der Waals surface area contributed by atoms with Gasteiger partial charge in [0, 0.05) is 6.54 Å². The van der Waals surface area contributed by atoms with Gasteiger partial charge in [-0.15, -0.1) is 5.10 Å². The number of carbonyl (C=O) groups is 1. The third-order valence-electron chi connectivity index (χ3n) is 2.09. The molecule has 16 heavy (non-hydrogen) atoms. The van der Waals surface area contributed by atoms with Crippen LogP contribution in [0.1, 0.15) is 10.6 Å². The quantitative estimate of drug-likeness (QED) is 0.580. The van der Waals surface area contributed by atoms with E-state index in [9.17, 15) is 4.79 Å². The third kappa shape index (κ3) is 2.67. The second kappa shape index (κ2) is 4.90. The van der Waals surface area contributed by atoms with Crippen LogP contribution >= 0.6 is 0 Å². The average molecular weight is 227 g/mol.